The normalized spacial score (nSPS) is 25.8. The number of halogens is 1. The van der Waals surface area contributed by atoms with Crippen molar-refractivity contribution in [3.63, 3.8) is 0 Å². The van der Waals surface area contributed by atoms with Gasteiger partial charge in [-0.05, 0) is 25.7 Å². The Bertz CT molecular complexity index is 406. The van der Waals surface area contributed by atoms with E-state index in [1.807, 2.05) is 7.05 Å². The standard InChI is InChI=1S/C19H38N4O2.HI/c1-5-16(6-2)17(23-9-12-24-13-10-23)14-21-18(20-4)22-15-19(3)8-7-11-25-19;/h16-17H,5-15H2,1-4H3,(H2,20,21,22);1H. The van der Waals surface area contributed by atoms with Crippen LogP contribution >= 0.6 is 24.0 Å². The molecule has 0 bridgehead atoms. The molecule has 2 unspecified atom stereocenters. The smallest absolute Gasteiger partial charge is 0.191 e. The minimum Gasteiger partial charge on any atom is -0.379 e. The van der Waals surface area contributed by atoms with E-state index in [0.717, 1.165) is 64.8 Å². The van der Waals surface area contributed by atoms with Crippen molar-refractivity contribution in [2.45, 2.75) is 58.1 Å². The Hall–Kier alpha value is -0.120. The van der Waals surface area contributed by atoms with Gasteiger partial charge in [0.15, 0.2) is 5.96 Å². The molecule has 0 amide bonds. The highest BCUT2D eigenvalue weighted by Crippen LogP contribution is 2.24. The Kier molecular flexibility index (Phi) is 11.4. The molecule has 0 spiro atoms. The van der Waals surface area contributed by atoms with Crippen LogP contribution in [0.5, 0.6) is 0 Å². The summed E-state index contributed by atoms with van der Waals surface area (Å²) >= 11 is 0. The van der Waals surface area contributed by atoms with E-state index in [4.69, 9.17) is 9.47 Å². The summed E-state index contributed by atoms with van der Waals surface area (Å²) in [6.07, 6.45) is 4.68. The van der Waals surface area contributed by atoms with E-state index in [2.05, 4.69) is 41.3 Å². The van der Waals surface area contributed by atoms with Gasteiger partial charge < -0.3 is 20.1 Å². The summed E-state index contributed by atoms with van der Waals surface area (Å²) in [6.45, 7) is 13.1. The summed E-state index contributed by atoms with van der Waals surface area (Å²) in [5, 5.41) is 7.01. The largest absolute Gasteiger partial charge is 0.379 e. The Balaban J connectivity index is 0.00000338. The molecule has 0 aromatic rings. The lowest BCUT2D eigenvalue weighted by atomic mass is 9.92. The second-order valence-electron chi connectivity index (χ2n) is 7.50. The Morgan fingerprint density at radius 2 is 1.85 bits per heavy atom. The van der Waals surface area contributed by atoms with E-state index in [9.17, 15) is 0 Å². The van der Waals surface area contributed by atoms with Crippen molar-refractivity contribution in [2.75, 3.05) is 53.0 Å². The number of nitrogens with one attached hydrogen (secondary N) is 2. The van der Waals surface area contributed by atoms with Gasteiger partial charge in [-0.25, -0.2) is 0 Å². The number of hydrogen-bond acceptors (Lipinski definition) is 4. The predicted octanol–water partition coefficient (Wildman–Crippen LogP) is 2.48. The highest BCUT2D eigenvalue weighted by atomic mass is 127. The third-order valence-corrected chi connectivity index (χ3v) is 5.74. The summed E-state index contributed by atoms with van der Waals surface area (Å²) in [5.41, 5.74) is -0.0589. The maximum atomic E-state index is 5.86. The van der Waals surface area contributed by atoms with Gasteiger partial charge in [-0.2, -0.15) is 0 Å². The molecular formula is C19H39IN4O2. The zero-order valence-corrected chi connectivity index (χ0v) is 19.4. The molecular weight excluding hydrogens is 443 g/mol. The first-order valence-corrected chi connectivity index (χ1v) is 10.0. The fraction of sp³-hybridized carbons (Fsp3) is 0.947. The number of ether oxygens (including phenoxy) is 2. The van der Waals surface area contributed by atoms with Crippen LogP contribution in [0.25, 0.3) is 0 Å². The Labute approximate surface area is 176 Å². The molecule has 0 aromatic carbocycles. The van der Waals surface area contributed by atoms with Crippen molar-refractivity contribution in [1.29, 1.82) is 0 Å². The van der Waals surface area contributed by atoms with Crippen LogP contribution in [0, 0.1) is 5.92 Å². The van der Waals surface area contributed by atoms with Gasteiger partial charge in [-0.15, -0.1) is 24.0 Å². The van der Waals surface area contributed by atoms with Crippen molar-refractivity contribution >= 4 is 29.9 Å². The Morgan fingerprint density at radius 1 is 1.15 bits per heavy atom. The van der Waals surface area contributed by atoms with Crippen molar-refractivity contribution in [1.82, 2.24) is 15.5 Å². The monoisotopic (exact) mass is 482 g/mol. The molecule has 2 heterocycles. The average molecular weight is 482 g/mol. The second kappa shape index (κ2) is 12.4. The highest BCUT2D eigenvalue weighted by molar-refractivity contribution is 14.0. The van der Waals surface area contributed by atoms with Crippen LogP contribution < -0.4 is 10.6 Å². The first kappa shape index (κ1) is 23.9. The maximum absolute atomic E-state index is 5.86. The van der Waals surface area contributed by atoms with E-state index in [-0.39, 0.29) is 29.6 Å². The lowest BCUT2D eigenvalue weighted by Gasteiger charge is -2.39. The van der Waals surface area contributed by atoms with Crippen molar-refractivity contribution in [3.8, 4) is 0 Å². The van der Waals surface area contributed by atoms with Gasteiger partial charge >= 0.3 is 0 Å². The maximum Gasteiger partial charge on any atom is 0.191 e. The molecule has 2 N–H and O–H groups in total. The molecule has 0 aromatic heterocycles. The van der Waals surface area contributed by atoms with Gasteiger partial charge in [0.1, 0.15) is 0 Å². The predicted molar refractivity (Wildman–Crippen MR) is 119 cm³/mol. The van der Waals surface area contributed by atoms with Gasteiger partial charge in [-0.3, -0.25) is 9.89 Å². The van der Waals surface area contributed by atoms with Gasteiger partial charge in [0.05, 0.1) is 18.8 Å². The molecule has 2 saturated heterocycles. The lowest BCUT2D eigenvalue weighted by molar-refractivity contribution is 0.00260. The molecule has 26 heavy (non-hydrogen) atoms. The number of morpholine rings is 1. The summed E-state index contributed by atoms with van der Waals surface area (Å²) in [5.74, 6) is 1.57. The van der Waals surface area contributed by atoms with Gasteiger partial charge in [0, 0.05) is 45.9 Å². The first-order valence-electron chi connectivity index (χ1n) is 10.0. The Morgan fingerprint density at radius 3 is 2.38 bits per heavy atom. The quantitative estimate of drug-likeness (QED) is 0.316. The molecule has 0 aliphatic carbocycles. The number of hydrogen-bond donors (Lipinski definition) is 2. The molecule has 7 heteroatoms. The molecule has 0 radical (unpaired) electrons. The van der Waals surface area contributed by atoms with Crippen LogP contribution in [0.4, 0.5) is 0 Å². The third-order valence-electron chi connectivity index (χ3n) is 5.74. The van der Waals surface area contributed by atoms with Crippen LogP contribution in [-0.4, -0.2) is 75.5 Å². The lowest BCUT2D eigenvalue weighted by Crippen LogP contribution is -2.54. The number of aliphatic imine (C=N–C) groups is 1. The van der Waals surface area contributed by atoms with Crippen LogP contribution in [0.3, 0.4) is 0 Å². The molecule has 0 saturated carbocycles. The van der Waals surface area contributed by atoms with Crippen molar-refractivity contribution in [3.05, 3.63) is 0 Å². The molecule has 2 rings (SSSR count). The van der Waals surface area contributed by atoms with E-state index in [1.54, 1.807) is 0 Å². The fourth-order valence-electron chi connectivity index (χ4n) is 4.00. The van der Waals surface area contributed by atoms with Gasteiger partial charge in [0.25, 0.3) is 0 Å². The van der Waals surface area contributed by atoms with E-state index >= 15 is 0 Å². The zero-order chi connectivity index (χ0) is 18.1. The molecule has 2 fully saturated rings. The molecule has 6 nitrogen and oxygen atoms in total. The van der Waals surface area contributed by atoms with Gasteiger partial charge in [0.2, 0.25) is 0 Å². The first-order chi connectivity index (χ1) is 12.1. The molecule has 2 aliphatic rings. The minimum atomic E-state index is -0.0589. The van der Waals surface area contributed by atoms with Crippen LogP contribution in [0.1, 0.15) is 46.5 Å². The number of guanidine groups is 1. The molecule has 2 atom stereocenters. The summed E-state index contributed by atoms with van der Waals surface area (Å²) < 4.78 is 11.4. The summed E-state index contributed by atoms with van der Waals surface area (Å²) in [4.78, 5) is 6.99. The average Bonchev–Trinajstić information content (AvgIpc) is 3.08. The van der Waals surface area contributed by atoms with Gasteiger partial charge in [-0.1, -0.05) is 26.7 Å². The SMILES string of the molecule is CCC(CC)C(CNC(=NC)NCC1(C)CCCO1)N1CCOCC1.I. The van der Waals surface area contributed by atoms with Crippen molar-refractivity contribution in [2.24, 2.45) is 10.9 Å². The fourth-order valence-corrected chi connectivity index (χ4v) is 4.00. The molecule has 154 valence electrons. The van der Waals surface area contributed by atoms with Crippen molar-refractivity contribution < 1.29 is 9.47 Å². The topological polar surface area (TPSA) is 58.1 Å². The summed E-state index contributed by atoms with van der Waals surface area (Å²) in [6, 6.07) is 0.524. The number of nitrogens with zero attached hydrogens (tertiary/aromatic N) is 2. The highest BCUT2D eigenvalue weighted by Gasteiger charge is 2.30. The number of rotatable bonds is 8. The summed E-state index contributed by atoms with van der Waals surface area (Å²) in [7, 11) is 1.84. The minimum absolute atomic E-state index is 0. The van der Waals surface area contributed by atoms with Crippen LogP contribution in [0.15, 0.2) is 4.99 Å². The van der Waals surface area contributed by atoms with E-state index in [0.29, 0.717) is 12.0 Å². The molecule has 2 aliphatic heterocycles. The second-order valence-corrected chi connectivity index (χ2v) is 7.50. The van der Waals surface area contributed by atoms with Crippen LogP contribution in [0.2, 0.25) is 0 Å². The van der Waals surface area contributed by atoms with E-state index < -0.39 is 0 Å². The third kappa shape index (κ3) is 7.13. The zero-order valence-electron chi connectivity index (χ0n) is 17.1. The van der Waals surface area contributed by atoms with E-state index in [1.165, 1.54) is 12.8 Å². The van der Waals surface area contributed by atoms with Crippen LogP contribution in [-0.2, 0) is 9.47 Å².